The summed E-state index contributed by atoms with van der Waals surface area (Å²) in [4.78, 5) is 0. The molecule has 118 valence electrons. The van der Waals surface area contributed by atoms with Gasteiger partial charge in [-0.25, -0.2) is 0 Å². The number of allylic oxidation sites excluding steroid dienone is 2. The van der Waals surface area contributed by atoms with E-state index in [0.29, 0.717) is 17.9 Å². The lowest BCUT2D eigenvalue weighted by molar-refractivity contribution is 0.425. The fourth-order valence-electron chi connectivity index (χ4n) is 4.13. The van der Waals surface area contributed by atoms with Crippen molar-refractivity contribution in [3.8, 4) is 0 Å². The van der Waals surface area contributed by atoms with Gasteiger partial charge in [0.25, 0.3) is 0 Å². The maximum Gasteiger partial charge on any atom is 0.0554 e. The molecular weight excluding hydrogens is 302 g/mol. The molecule has 1 heterocycles. The molecule has 1 N–H and O–H groups in total. The number of halogens is 1. The molecule has 0 radical (unpaired) electrons. The Hall–Kier alpha value is -1.73. The van der Waals surface area contributed by atoms with Crippen LogP contribution in [0.3, 0.4) is 0 Å². The predicted octanol–water partition coefficient (Wildman–Crippen LogP) is 6.04. The third-order valence-corrected chi connectivity index (χ3v) is 5.60. The van der Waals surface area contributed by atoms with Crippen LogP contribution in [0.4, 0.5) is 5.69 Å². The molecule has 0 fully saturated rings. The molecule has 23 heavy (non-hydrogen) atoms. The van der Waals surface area contributed by atoms with E-state index in [1.165, 1.54) is 27.9 Å². The fourth-order valence-corrected chi connectivity index (χ4v) is 4.41. The van der Waals surface area contributed by atoms with Crippen LogP contribution in [-0.4, -0.2) is 0 Å². The van der Waals surface area contributed by atoms with Crippen LogP contribution in [0.5, 0.6) is 0 Å². The van der Waals surface area contributed by atoms with Gasteiger partial charge < -0.3 is 5.32 Å². The zero-order valence-electron chi connectivity index (χ0n) is 13.6. The normalized spacial score (nSPS) is 24.9. The molecule has 1 aliphatic heterocycles. The van der Waals surface area contributed by atoms with E-state index in [-0.39, 0.29) is 0 Å². The Bertz CT molecular complexity index is 760. The van der Waals surface area contributed by atoms with Gasteiger partial charge in [0.1, 0.15) is 0 Å². The zero-order chi connectivity index (χ0) is 16.0. The summed E-state index contributed by atoms with van der Waals surface area (Å²) in [5, 5.41) is 4.66. The molecule has 0 bridgehead atoms. The van der Waals surface area contributed by atoms with Crippen molar-refractivity contribution in [2.45, 2.75) is 38.6 Å². The van der Waals surface area contributed by atoms with Gasteiger partial charge in [-0.2, -0.15) is 0 Å². The largest absolute Gasteiger partial charge is 0.377 e. The summed E-state index contributed by atoms with van der Waals surface area (Å²) >= 11 is 6.31. The molecule has 0 aromatic heterocycles. The highest BCUT2D eigenvalue weighted by Gasteiger charge is 2.38. The number of hydrogen-bond donors (Lipinski definition) is 1. The Balaban J connectivity index is 1.78. The second-order valence-electron chi connectivity index (χ2n) is 6.76. The average Bonchev–Trinajstić information content (AvgIpc) is 3.04. The zero-order valence-corrected chi connectivity index (χ0v) is 14.4. The van der Waals surface area contributed by atoms with Crippen LogP contribution < -0.4 is 5.32 Å². The summed E-state index contributed by atoms with van der Waals surface area (Å²) < 4.78 is 0. The van der Waals surface area contributed by atoms with Gasteiger partial charge in [0, 0.05) is 16.6 Å². The standard InChI is InChI=1S/C21H22ClN/c1-3-14-7-9-15(10-8-14)21-18-6-4-5-17(18)19-12-16(22)11-13(2)20(19)23-21/h4-5,7-12,17-18,21,23H,3,6H2,1-2H3/t17-,18-,21+/m1/s1. The number of rotatable bonds is 2. The van der Waals surface area contributed by atoms with Crippen molar-refractivity contribution >= 4 is 17.3 Å². The monoisotopic (exact) mass is 323 g/mol. The molecule has 0 amide bonds. The third-order valence-electron chi connectivity index (χ3n) is 5.38. The highest BCUT2D eigenvalue weighted by atomic mass is 35.5. The number of fused-ring (bicyclic) bond motifs is 3. The molecule has 0 saturated carbocycles. The van der Waals surface area contributed by atoms with Crippen LogP contribution in [0.2, 0.25) is 5.02 Å². The van der Waals surface area contributed by atoms with E-state index >= 15 is 0 Å². The summed E-state index contributed by atoms with van der Waals surface area (Å²) in [6.07, 6.45) is 6.92. The van der Waals surface area contributed by atoms with Crippen molar-refractivity contribution in [3.05, 3.63) is 75.8 Å². The fraction of sp³-hybridized carbons (Fsp3) is 0.333. The predicted molar refractivity (Wildman–Crippen MR) is 98.4 cm³/mol. The second-order valence-corrected chi connectivity index (χ2v) is 7.19. The first-order valence-corrected chi connectivity index (χ1v) is 8.87. The van der Waals surface area contributed by atoms with Gasteiger partial charge in [-0.05, 0) is 60.1 Å². The summed E-state index contributed by atoms with van der Waals surface area (Å²) in [7, 11) is 0. The minimum atomic E-state index is 0.369. The van der Waals surface area contributed by atoms with Crippen LogP contribution in [0, 0.1) is 12.8 Å². The molecule has 0 spiro atoms. The van der Waals surface area contributed by atoms with E-state index in [4.69, 9.17) is 11.6 Å². The van der Waals surface area contributed by atoms with Crippen LogP contribution in [0.15, 0.2) is 48.6 Å². The summed E-state index contributed by atoms with van der Waals surface area (Å²) in [5.74, 6) is 1.05. The van der Waals surface area contributed by atoms with E-state index < -0.39 is 0 Å². The van der Waals surface area contributed by atoms with Crippen molar-refractivity contribution in [2.24, 2.45) is 5.92 Å². The molecule has 3 atom stereocenters. The quantitative estimate of drug-likeness (QED) is 0.664. The van der Waals surface area contributed by atoms with Crippen molar-refractivity contribution < 1.29 is 0 Å². The molecular formula is C21H22ClN. The number of benzene rings is 2. The summed E-state index contributed by atoms with van der Waals surface area (Å²) in [6, 6.07) is 13.7. The van der Waals surface area contributed by atoms with Crippen LogP contribution in [0.25, 0.3) is 0 Å². The van der Waals surface area contributed by atoms with E-state index in [9.17, 15) is 0 Å². The highest BCUT2D eigenvalue weighted by molar-refractivity contribution is 6.30. The van der Waals surface area contributed by atoms with E-state index in [2.05, 4.69) is 67.7 Å². The Morgan fingerprint density at radius 3 is 2.70 bits per heavy atom. The van der Waals surface area contributed by atoms with Crippen LogP contribution in [0.1, 0.15) is 47.6 Å². The number of aryl methyl sites for hydroxylation is 2. The summed E-state index contributed by atoms with van der Waals surface area (Å²) in [6.45, 7) is 4.35. The van der Waals surface area contributed by atoms with Gasteiger partial charge in [0.2, 0.25) is 0 Å². The number of anilines is 1. The van der Waals surface area contributed by atoms with Crippen LogP contribution >= 0.6 is 11.6 Å². The van der Waals surface area contributed by atoms with Crippen molar-refractivity contribution in [3.63, 3.8) is 0 Å². The van der Waals surface area contributed by atoms with Gasteiger partial charge in [0.15, 0.2) is 0 Å². The van der Waals surface area contributed by atoms with Crippen molar-refractivity contribution in [1.29, 1.82) is 0 Å². The maximum absolute atomic E-state index is 6.31. The van der Waals surface area contributed by atoms with Gasteiger partial charge in [-0.1, -0.05) is 54.9 Å². The number of hydrogen-bond acceptors (Lipinski definition) is 1. The Kier molecular flexibility index (Phi) is 3.69. The molecule has 1 aliphatic carbocycles. The molecule has 2 aliphatic rings. The molecule has 2 aromatic rings. The Morgan fingerprint density at radius 1 is 1.17 bits per heavy atom. The first-order valence-electron chi connectivity index (χ1n) is 8.49. The highest BCUT2D eigenvalue weighted by Crippen LogP contribution is 2.51. The van der Waals surface area contributed by atoms with Gasteiger partial charge >= 0.3 is 0 Å². The molecule has 0 unspecified atom stereocenters. The minimum absolute atomic E-state index is 0.369. The van der Waals surface area contributed by atoms with E-state index in [1.54, 1.807) is 0 Å². The minimum Gasteiger partial charge on any atom is -0.377 e. The van der Waals surface area contributed by atoms with Crippen molar-refractivity contribution in [1.82, 2.24) is 0 Å². The maximum atomic E-state index is 6.31. The van der Waals surface area contributed by atoms with E-state index in [0.717, 1.165) is 17.9 Å². The van der Waals surface area contributed by atoms with Crippen molar-refractivity contribution in [2.75, 3.05) is 5.32 Å². The molecule has 1 nitrogen and oxygen atoms in total. The third kappa shape index (κ3) is 2.48. The van der Waals surface area contributed by atoms with E-state index in [1.807, 2.05) is 0 Å². The molecule has 0 saturated heterocycles. The lowest BCUT2D eigenvalue weighted by atomic mass is 9.76. The smallest absolute Gasteiger partial charge is 0.0554 e. The average molecular weight is 324 g/mol. The molecule has 4 rings (SSSR count). The first kappa shape index (κ1) is 14.8. The lowest BCUT2D eigenvalue weighted by Gasteiger charge is -2.38. The Labute approximate surface area is 143 Å². The molecule has 2 heteroatoms. The first-order chi connectivity index (χ1) is 11.2. The Morgan fingerprint density at radius 2 is 1.96 bits per heavy atom. The van der Waals surface area contributed by atoms with Gasteiger partial charge in [0.05, 0.1) is 6.04 Å². The topological polar surface area (TPSA) is 12.0 Å². The van der Waals surface area contributed by atoms with Crippen LogP contribution in [-0.2, 0) is 6.42 Å². The SMILES string of the molecule is CCc1ccc([C@@H]2Nc3c(C)cc(Cl)cc3[C@@H]3C=CC[C@H]32)cc1. The number of nitrogens with one attached hydrogen (secondary N) is 1. The summed E-state index contributed by atoms with van der Waals surface area (Å²) in [5.41, 5.74) is 6.65. The molecule has 2 aromatic carbocycles. The van der Waals surface area contributed by atoms with Gasteiger partial charge in [-0.15, -0.1) is 0 Å². The lowest BCUT2D eigenvalue weighted by Crippen LogP contribution is -2.29. The van der Waals surface area contributed by atoms with Gasteiger partial charge in [-0.3, -0.25) is 0 Å². The second kappa shape index (κ2) is 5.72.